The summed E-state index contributed by atoms with van der Waals surface area (Å²) < 4.78 is 0. The number of aromatic nitrogens is 1. The molecular weight excluding hydrogens is 282 g/mol. The predicted molar refractivity (Wildman–Crippen MR) is 74.4 cm³/mol. The summed E-state index contributed by atoms with van der Waals surface area (Å²) in [7, 11) is 0. The molecule has 0 aliphatic carbocycles. The molecule has 0 unspecified atom stereocenters. The Kier molecular flexibility index (Phi) is 4.26. The summed E-state index contributed by atoms with van der Waals surface area (Å²) in [5.41, 5.74) is -0.542. The average molecular weight is 293 g/mol. The van der Waals surface area contributed by atoms with Gasteiger partial charge in [-0.05, 0) is 12.1 Å². The largest absolute Gasteiger partial charge is 0.477 e. The summed E-state index contributed by atoms with van der Waals surface area (Å²) in [6, 6.07) is 4.18. The van der Waals surface area contributed by atoms with Crippen LogP contribution >= 0.6 is 11.3 Å². The summed E-state index contributed by atoms with van der Waals surface area (Å²) >= 11 is 1.50. The van der Waals surface area contributed by atoms with E-state index in [0.717, 1.165) is 5.01 Å². The highest BCUT2D eigenvalue weighted by molar-refractivity contribution is 7.09. The van der Waals surface area contributed by atoms with Crippen molar-refractivity contribution in [3.63, 3.8) is 0 Å². The van der Waals surface area contributed by atoms with E-state index in [1.54, 1.807) is 6.20 Å². The van der Waals surface area contributed by atoms with Crippen molar-refractivity contribution in [1.29, 1.82) is 0 Å². The van der Waals surface area contributed by atoms with Crippen LogP contribution in [-0.4, -0.2) is 27.5 Å². The van der Waals surface area contributed by atoms with Crippen molar-refractivity contribution in [2.45, 2.75) is 6.42 Å². The van der Waals surface area contributed by atoms with Crippen LogP contribution in [0.5, 0.6) is 0 Å². The zero-order valence-electron chi connectivity index (χ0n) is 10.3. The van der Waals surface area contributed by atoms with Crippen LogP contribution < -0.4 is 5.32 Å². The molecule has 0 amide bonds. The molecule has 0 bridgehead atoms. The van der Waals surface area contributed by atoms with Crippen molar-refractivity contribution in [3.8, 4) is 0 Å². The lowest BCUT2D eigenvalue weighted by Crippen LogP contribution is -2.10. The highest BCUT2D eigenvalue weighted by Gasteiger charge is 2.23. The minimum absolute atomic E-state index is 0.200. The van der Waals surface area contributed by atoms with Gasteiger partial charge < -0.3 is 10.4 Å². The molecule has 0 saturated carbocycles. The first kappa shape index (κ1) is 13.9. The van der Waals surface area contributed by atoms with Gasteiger partial charge in [0, 0.05) is 24.5 Å². The van der Waals surface area contributed by atoms with Crippen LogP contribution in [0.15, 0.2) is 29.8 Å². The standard InChI is InChI=1S/C12H11N3O4S/c16-12(17)8-2-1-3-9(11(8)15(18)19)13-5-4-10-14-6-7-20-10/h1-3,6-7,13H,4-5H2,(H,16,17). The van der Waals surface area contributed by atoms with E-state index in [2.05, 4.69) is 10.3 Å². The number of carbonyl (C=O) groups is 1. The zero-order valence-corrected chi connectivity index (χ0v) is 11.1. The molecule has 104 valence electrons. The number of nitro groups is 1. The number of rotatable bonds is 6. The summed E-state index contributed by atoms with van der Waals surface area (Å²) in [6.07, 6.45) is 2.31. The van der Waals surface area contributed by atoms with Crippen LogP contribution in [0.25, 0.3) is 0 Å². The van der Waals surface area contributed by atoms with Gasteiger partial charge in [-0.2, -0.15) is 0 Å². The van der Waals surface area contributed by atoms with Gasteiger partial charge in [-0.1, -0.05) is 6.07 Å². The van der Waals surface area contributed by atoms with E-state index in [-0.39, 0.29) is 11.3 Å². The van der Waals surface area contributed by atoms with Gasteiger partial charge in [-0.15, -0.1) is 11.3 Å². The first-order chi connectivity index (χ1) is 9.59. The minimum atomic E-state index is -1.32. The number of para-hydroxylation sites is 1. The summed E-state index contributed by atoms with van der Waals surface area (Å²) in [5.74, 6) is -1.32. The number of hydrogen-bond acceptors (Lipinski definition) is 6. The molecule has 2 aromatic rings. The van der Waals surface area contributed by atoms with E-state index in [0.29, 0.717) is 13.0 Å². The van der Waals surface area contributed by atoms with E-state index in [4.69, 9.17) is 5.11 Å². The molecular formula is C12H11N3O4S. The number of nitro benzene ring substituents is 1. The number of aromatic carboxylic acids is 1. The Hall–Kier alpha value is -2.48. The van der Waals surface area contributed by atoms with Crippen LogP contribution in [0, 0.1) is 10.1 Å². The Morgan fingerprint density at radius 3 is 2.90 bits per heavy atom. The number of nitrogens with zero attached hydrogens (tertiary/aromatic N) is 2. The third-order valence-corrected chi connectivity index (χ3v) is 3.43. The van der Waals surface area contributed by atoms with E-state index in [1.165, 1.54) is 29.5 Å². The van der Waals surface area contributed by atoms with Gasteiger partial charge in [0.25, 0.3) is 0 Å². The maximum Gasteiger partial charge on any atom is 0.342 e. The number of anilines is 1. The quantitative estimate of drug-likeness (QED) is 0.626. The number of nitrogens with one attached hydrogen (secondary N) is 1. The van der Waals surface area contributed by atoms with Gasteiger partial charge in [0.05, 0.1) is 9.93 Å². The monoisotopic (exact) mass is 293 g/mol. The lowest BCUT2D eigenvalue weighted by molar-refractivity contribution is -0.384. The molecule has 0 aliphatic heterocycles. The van der Waals surface area contributed by atoms with E-state index >= 15 is 0 Å². The molecule has 2 rings (SSSR count). The third-order valence-electron chi connectivity index (χ3n) is 2.59. The fourth-order valence-corrected chi connectivity index (χ4v) is 2.36. The van der Waals surface area contributed by atoms with Crippen LogP contribution in [0.4, 0.5) is 11.4 Å². The normalized spacial score (nSPS) is 10.2. The summed E-state index contributed by atoms with van der Waals surface area (Å²) in [5, 5.41) is 25.7. The second-order valence-electron chi connectivity index (χ2n) is 3.87. The summed E-state index contributed by atoms with van der Waals surface area (Å²) in [4.78, 5) is 25.4. The van der Waals surface area contributed by atoms with Crippen molar-refractivity contribution in [1.82, 2.24) is 4.98 Å². The van der Waals surface area contributed by atoms with Crippen molar-refractivity contribution < 1.29 is 14.8 Å². The van der Waals surface area contributed by atoms with Gasteiger partial charge in [-0.25, -0.2) is 9.78 Å². The highest BCUT2D eigenvalue weighted by atomic mass is 32.1. The lowest BCUT2D eigenvalue weighted by Gasteiger charge is -2.07. The second kappa shape index (κ2) is 6.11. The second-order valence-corrected chi connectivity index (χ2v) is 4.85. The molecule has 2 N–H and O–H groups in total. The number of benzene rings is 1. The highest BCUT2D eigenvalue weighted by Crippen LogP contribution is 2.28. The molecule has 8 heteroatoms. The van der Waals surface area contributed by atoms with Crippen molar-refractivity contribution >= 4 is 28.7 Å². The fourth-order valence-electron chi connectivity index (χ4n) is 1.74. The smallest absolute Gasteiger partial charge is 0.342 e. The Morgan fingerprint density at radius 2 is 2.30 bits per heavy atom. The number of thiazole rings is 1. The first-order valence-corrected chi connectivity index (χ1v) is 6.60. The van der Waals surface area contributed by atoms with Gasteiger partial charge in [0.2, 0.25) is 0 Å². The zero-order chi connectivity index (χ0) is 14.5. The predicted octanol–water partition coefficient (Wildman–Crippen LogP) is 2.40. The Morgan fingerprint density at radius 1 is 1.50 bits per heavy atom. The molecule has 1 heterocycles. The van der Waals surface area contributed by atoms with Gasteiger partial charge >= 0.3 is 11.7 Å². The number of hydrogen-bond donors (Lipinski definition) is 2. The van der Waals surface area contributed by atoms with Crippen LogP contribution in [0.1, 0.15) is 15.4 Å². The Bertz CT molecular complexity index is 628. The fraction of sp³-hybridized carbons (Fsp3) is 0.167. The van der Waals surface area contributed by atoms with E-state index in [1.807, 2.05) is 5.38 Å². The minimum Gasteiger partial charge on any atom is -0.477 e. The maximum atomic E-state index is 11.0. The molecule has 0 radical (unpaired) electrons. The molecule has 0 spiro atoms. The molecule has 1 aromatic carbocycles. The van der Waals surface area contributed by atoms with Crippen LogP contribution in [-0.2, 0) is 6.42 Å². The third kappa shape index (κ3) is 3.09. The SMILES string of the molecule is O=C(O)c1cccc(NCCc2nccs2)c1[N+](=O)[O-]. The Balaban J connectivity index is 2.16. The average Bonchev–Trinajstić information content (AvgIpc) is 2.91. The molecule has 20 heavy (non-hydrogen) atoms. The van der Waals surface area contributed by atoms with E-state index in [9.17, 15) is 14.9 Å². The molecule has 7 nitrogen and oxygen atoms in total. The Labute approximate surface area is 118 Å². The van der Waals surface area contributed by atoms with Gasteiger partial charge in [0.1, 0.15) is 11.3 Å². The van der Waals surface area contributed by atoms with Gasteiger partial charge in [0.15, 0.2) is 0 Å². The van der Waals surface area contributed by atoms with Crippen molar-refractivity contribution in [3.05, 3.63) is 50.5 Å². The van der Waals surface area contributed by atoms with Crippen molar-refractivity contribution in [2.75, 3.05) is 11.9 Å². The summed E-state index contributed by atoms with van der Waals surface area (Å²) in [6.45, 7) is 0.442. The molecule has 0 saturated heterocycles. The van der Waals surface area contributed by atoms with Gasteiger partial charge in [-0.3, -0.25) is 10.1 Å². The topological polar surface area (TPSA) is 105 Å². The van der Waals surface area contributed by atoms with Crippen molar-refractivity contribution in [2.24, 2.45) is 0 Å². The number of carboxylic acids is 1. The van der Waals surface area contributed by atoms with Crippen LogP contribution in [0.2, 0.25) is 0 Å². The lowest BCUT2D eigenvalue weighted by atomic mass is 10.1. The number of carboxylic acid groups (broad SMARTS) is 1. The van der Waals surface area contributed by atoms with Crippen LogP contribution in [0.3, 0.4) is 0 Å². The molecule has 0 atom stereocenters. The maximum absolute atomic E-state index is 11.0. The molecule has 1 aromatic heterocycles. The molecule has 0 aliphatic rings. The molecule has 0 fully saturated rings. The first-order valence-electron chi connectivity index (χ1n) is 5.72. The van der Waals surface area contributed by atoms with E-state index < -0.39 is 16.6 Å².